The Hall–Kier alpha value is -0.820. The molecule has 1 atom stereocenters. The number of hydrogen-bond acceptors (Lipinski definition) is 4. The Labute approximate surface area is 96.4 Å². The van der Waals surface area contributed by atoms with E-state index in [4.69, 9.17) is 9.84 Å². The van der Waals surface area contributed by atoms with E-state index >= 15 is 0 Å². The van der Waals surface area contributed by atoms with Gasteiger partial charge in [-0.3, -0.25) is 0 Å². The van der Waals surface area contributed by atoms with E-state index in [-0.39, 0.29) is 6.61 Å². The summed E-state index contributed by atoms with van der Waals surface area (Å²) in [6.45, 7) is 4.87. The van der Waals surface area contributed by atoms with Crippen molar-refractivity contribution in [3.05, 3.63) is 0 Å². The topological polar surface area (TPSA) is 84.9 Å². The van der Waals surface area contributed by atoms with Gasteiger partial charge in [-0.2, -0.15) is 0 Å². The van der Waals surface area contributed by atoms with Crippen LogP contribution in [-0.4, -0.2) is 35.4 Å². The van der Waals surface area contributed by atoms with Crippen LogP contribution in [0.2, 0.25) is 0 Å². The molecule has 0 spiro atoms. The Morgan fingerprint density at radius 3 is 2.33 bits per heavy atom. The third-order valence-electron chi connectivity index (χ3n) is 1.22. The summed E-state index contributed by atoms with van der Waals surface area (Å²) in [5.74, 6) is -1.19. The molecule has 0 saturated carbocycles. The summed E-state index contributed by atoms with van der Waals surface area (Å²) in [5, 5.41) is 10.8. The van der Waals surface area contributed by atoms with Crippen LogP contribution in [0.4, 0.5) is 4.79 Å². The summed E-state index contributed by atoms with van der Waals surface area (Å²) in [6, 6.07) is -1.14. The fourth-order valence-corrected chi connectivity index (χ4v) is 0.952. The number of nitrogens with one attached hydrogen (secondary N) is 1. The summed E-state index contributed by atoms with van der Waals surface area (Å²) in [4.78, 5) is 21.8. The normalized spacial score (nSPS) is 13.1. The number of carbonyl (C=O) groups excluding carboxylic acids is 1. The van der Waals surface area contributed by atoms with Crippen molar-refractivity contribution in [1.29, 1.82) is 0 Å². The van der Waals surface area contributed by atoms with Crippen LogP contribution >= 0.6 is 16.3 Å². The van der Waals surface area contributed by atoms with Crippen molar-refractivity contribution in [1.82, 2.24) is 5.32 Å². The van der Waals surface area contributed by atoms with Gasteiger partial charge in [0.2, 0.25) is 0 Å². The highest BCUT2D eigenvalue weighted by atomic mass is 79.9. The van der Waals surface area contributed by atoms with Crippen molar-refractivity contribution in [2.45, 2.75) is 32.4 Å². The maximum absolute atomic E-state index is 11.2. The molecule has 0 aliphatic heterocycles. The second-order valence-electron chi connectivity index (χ2n) is 3.81. The molecular formula is C8H14BrNO5. The second kappa shape index (κ2) is 5.92. The molecule has 0 radical (unpaired) electrons. The highest BCUT2D eigenvalue weighted by molar-refractivity contribution is 9.06. The average molecular weight is 284 g/mol. The van der Waals surface area contributed by atoms with Crippen LogP contribution in [0.15, 0.2) is 0 Å². The van der Waals surface area contributed by atoms with Crippen LogP contribution in [-0.2, 0) is 13.4 Å². The zero-order valence-corrected chi connectivity index (χ0v) is 10.3. The third-order valence-corrected chi connectivity index (χ3v) is 1.48. The van der Waals surface area contributed by atoms with Crippen molar-refractivity contribution >= 4 is 28.3 Å². The molecule has 1 amide bonds. The quantitative estimate of drug-likeness (QED) is 0.812. The smallest absolute Gasteiger partial charge is 0.408 e. The average Bonchev–Trinajstić information content (AvgIpc) is 1.99. The molecule has 6 nitrogen and oxygen atoms in total. The molecular weight excluding hydrogens is 270 g/mol. The van der Waals surface area contributed by atoms with Crippen molar-refractivity contribution < 1.29 is 23.3 Å². The van der Waals surface area contributed by atoms with Crippen molar-refractivity contribution in [2.24, 2.45) is 0 Å². The minimum atomic E-state index is -1.19. The van der Waals surface area contributed by atoms with E-state index < -0.39 is 23.7 Å². The van der Waals surface area contributed by atoms with E-state index in [0.717, 1.165) is 0 Å². The Kier molecular flexibility index (Phi) is 5.59. The first-order valence-electron chi connectivity index (χ1n) is 4.22. The van der Waals surface area contributed by atoms with Gasteiger partial charge in [0.05, 0.1) is 22.9 Å². The number of halogens is 1. The number of rotatable bonds is 4. The predicted octanol–water partition coefficient (Wildman–Crippen LogP) is 1.29. The van der Waals surface area contributed by atoms with Gasteiger partial charge in [-0.25, -0.2) is 9.59 Å². The molecule has 0 aliphatic rings. The van der Waals surface area contributed by atoms with Gasteiger partial charge < -0.3 is 19.0 Å². The highest BCUT2D eigenvalue weighted by Crippen LogP contribution is 2.06. The lowest BCUT2D eigenvalue weighted by molar-refractivity contribution is -0.140. The van der Waals surface area contributed by atoms with Crippen LogP contribution in [0.1, 0.15) is 20.8 Å². The highest BCUT2D eigenvalue weighted by Gasteiger charge is 2.23. The fraction of sp³-hybridized carbons (Fsp3) is 0.750. The number of amides is 1. The predicted molar refractivity (Wildman–Crippen MR) is 55.7 cm³/mol. The van der Waals surface area contributed by atoms with Crippen LogP contribution in [0.5, 0.6) is 0 Å². The lowest BCUT2D eigenvalue weighted by atomic mass is 10.2. The van der Waals surface area contributed by atoms with E-state index in [1.54, 1.807) is 20.8 Å². The number of aliphatic carboxylic acids is 1. The largest absolute Gasteiger partial charge is 0.480 e. The zero-order chi connectivity index (χ0) is 12.1. The summed E-state index contributed by atoms with van der Waals surface area (Å²) < 4.78 is 9.34. The lowest BCUT2D eigenvalue weighted by Gasteiger charge is -2.21. The van der Waals surface area contributed by atoms with Crippen molar-refractivity contribution in [3.8, 4) is 0 Å². The van der Waals surface area contributed by atoms with Gasteiger partial charge in [0.15, 0.2) is 6.04 Å². The number of carbonyl (C=O) groups is 2. The first kappa shape index (κ1) is 14.2. The van der Waals surface area contributed by atoms with Crippen molar-refractivity contribution in [2.75, 3.05) is 6.61 Å². The van der Waals surface area contributed by atoms with Crippen LogP contribution in [0.25, 0.3) is 0 Å². The van der Waals surface area contributed by atoms with Gasteiger partial charge in [-0.1, -0.05) is 0 Å². The van der Waals surface area contributed by atoms with Gasteiger partial charge in [-0.15, -0.1) is 0 Å². The zero-order valence-electron chi connectivity index (χ0n) is 8.74. The van der Waals surface area contributed by atoms with Crippen molar-refractivity contribution in [3.63, 3.8) is 0 Å². The van der Waals surface area contributed by atoms with Gasteiger partial charge in [0.1, 0.15) is 5.60 Å². The van der Waals surface area contributed by atoms with Crippen LogP contribution in [0.3, 0.4) is 0 Å². The summed E-state index contributed by atoms with van der Waals surface area (Å²) >= 11 is 2.61. The first-order chi connectivity index (χ1) is 6.76. The van der Waals surface area contributed by atoms with Crippen LogP contribution in [0, 0.1) is 0 Å². The lowest BCUT2D eigenvalue weighted by Crippen LogP contribution is -2.45. The Balaban J connectivity index is 4.18. The molecule has 0 aromatic carbocycles. The second-order valence-corrected chi connectivity index (χ2v) is 4.27. The summed E-state index contributed by atoms with van der Waals surface area (Å²) in [7, 11) is 0. The van der Waals surface area contributed by atoms with Crippen LogP contribution < -0.4 is 5.32 Å². The third kappa shape index (κ3) is 7.15. The van der Waals surface area contributed by atoms with Gasteiger partial charge in [0.25, 0.3) is 0 Å². The summed E-state index contributed by atoms with van der Waals surface area (Å²) in [6.07, 6.45) is -0.792. The molecule has 0 aromatic heterocycles. The molecule has 0 fully saturated rings. The molecule has 2 N–H and O–H groups in total. The van der Waals surface area contributed by atoms with Gasteiger partial charge in [0, 0.05) is 0 Å². The maximum Gasteiger partial charge on any atom is 0.408 e. The summed E-state index contributed by atoms with van der Waals surface area (Å²) in [5.41, 5.74) is -0.664. The number of carboxylic acids is 1. The monoisotopic (exact) mass is 283 g/mol. The minimum Gasteiger partial charge on any atom is -0.480 e. The number of carboxylic acid groups (broad SMARTS) is 1. The van der Waals surface area contributed by atoms with E-state index in [1.807, 2.05) is 0 Å². The minimum absolute atomic E-state index is 0.186. The molecule has 0 aromatic rings. The maximum atomic E-state index is 11.2. The molecule has 7 heteroatoms. The van der Waals surface area contributed by atoms with E-state index in [0.29, 0.717) is 0 Å². The molecule has 0 unspecified atom stereocenters. The molecule has 15 heavy (non-hydrogen) atoms. The van der Waals surface area contributed by atoms with E-state index in [1.165, 1.54) is 0 Å². The van der Waals surface area contributed by atoms with Gasteiger partial charge >= 0.3 is 12.1 Å². The number of hydrogen-bond donors (Lipinski definition) is 2. The standard InChI is InChI=1S/C8H14BrNO5/c1-8(2,3)15-7(13)10-5(4-14-9)6(11)12/h5H,4H2,1-3H3,(H,10,13)(H,11,12)/t5-/m0/s1. The molecule has 0 rings (SSSR count). The Bertz CT molecular complexity index is 238. The van der Waals surface area contributed by atoms with E-state index in [9.17, 15) is 9.59 Å². The molecule has 0 saturated heterocycles. The fourth-order valence-electron chi connectivity index (χ4n) is 0.688. The van der Waals surface area contributed by atoms with Gasteiger partial charge in [-0.05, 0) is 20.8 Å². The number of alkyl carbamates (subject to hydrolysis) is 1. The molecule has 0 aliphatic carbocycles. The molecule has 88 valence electrons. The Morgan fingerprint density at radius 2 is 2.00 bits per heavy atom. The molecule has 0 bridgehead atoms. The Morgan fingerprint density at radius 1 is 1.47 bits per heavy atom. The molecule has 0 heterocycles. The first-order valence-corrected chi connectivity index (χ1v) is 4.87. The SMILES string of the molecule is CC(C)(C)OC(=O)N[C@@H](COBr)C(=O)O. The number of ether oxygens (including phenoxy) is 1. The van der Waals surface area contributed by atoms with E-state index in [2.05, 4.69) is 25.4 Å².